The minimum atomic E-state index is 0.0362. The summed E-state index contributed by atoms with van der Waals surface area (Å²) in [6.07, 6.45) is 16.0. The first-order chi connectivity index (χ1) is 24.5. The molecule has 0 spiro atoms. The van der Waals surface area contributed by atoms with Crippen molar-refractivity contribution in [2.24, 2.45) is 0 Å². The van der Waals surface area contributed by atoms with Gasteiger partial charge in [0.1, 0.15) is 25.4 Å². The lowest BCUT2D eigenvalue weighted by Crippen LogP contribution is -2.02. The van der Waals surface area contributed by atoms with Crippen molar-refractivity contribution in [2.45, 2.75) is 27.7 Å². The van der Waals surface area contributed by atoms with E-state index in [0.29, 0.717) is 23.0 Å². The minimum absolute atomic E-state index is 0.0362. The average molecular weight is 645 g/mol. The Bertz CT molecular complexity index is 2930. The lowest BCUT2D eigenvalue weighted by Gasteiger charge is -2.12. The van der Waals surface area contributed by atoms with Gasteiger partial charge >= 0.3 is 0 Å². The van der Waals surface area contributed by atoms with Crippen molar-refractivity contribution in [1.29, 1.82) is 0 Å². The molecule has 1 aliphatic rings. The van der Waals surface area contributed by atoms with Gasteiger partial charge in [0.25, 0.3) is 0 Å². The van der Waals surface area contributed by atoms with Crippen LogP contribution in [0.15, 0.2) is 60.7 Å². The van der Waals surface area contributed by atoms with Crippen molar-refractivity contribution < 1.29 is 18.9 Å². The van der Waals surface area contributed by atoms with Crippen LogP contribution in [0.25, 0.3) is 0 Å². The molecule has 0 radical (unpaired) electrons. The molecule has 0 unspecified atom stereocenters. The molecule has 0 saturated heterocycles. The maximum atomic E-state index is 6.16. The summed E-state index contributed by atoms with van der Waals surface area (Å²) >= 11 is 0. The van der Waals surface area contributed by atoms with Gasteiger partial charge in [0, 0.05) is 11.8 Å². The summed E-state index contributed by atoms with van der Waals surface area (Å²) in [5.41, 5.74) is 2.17. The summed E-state index contributed by atoms with van der Waals surface area (Å²) in [5.74, 6) is 33.3. The number of fused-ring (bicyclic) bond motifs is 4. The van der Waals surface area contributed by atoms with Crippen LogP contribution in [0.2, 0.25) is 0 Å². The van der Waals surface area contributed by atoms with Gasteiger partial charge in [-0.15, -0.1) is 12.8 Å². The third-order valence-electron chi connectivity index (χ3n) is 7.40. The lowest BCUT2D eigenvalue weighted by atomic mass is 9.99. The maximum absolute atomic E-state index is 6.16. The number of hydrogen-bond donors (Lipinski definition) is 0. The van der Waals surface area contributed by atoms with Crippen LogP contribution < -0.4 is 18.9 Å². The molecule has 0 heterocycles. The maximum Gasteiger partial charge on any atom is 0.184 e. The number of aryl methyl sites for hydroxylation is 2. The Hall–Kier alpha value is -7.44. The third kappa shape index (κ3) is 7.74. The number of hydrogen-bond acceptors (Lipinski definition) is 4. The molecule has 0 aliphatic heterocycles. The fraction of sp³-hybridized carbons (Fsp3) is 0.130. The van der Waals surface area contributed by atoms with Crippen molar-refractivity contribution >= 4 is 0 Å². The highest BCUT2D eigenvalue weighted by molar-refractivity contribution is 5.49. The highest BCUT2D eigenvalue weighted by Gasteiger charge is 2.13. The van der Waals surface area contributed by atoms with E-state index in [1.165, 1.54) is 0 Å². The zero-order valence-corrected chi connectivity index (χ0v) is 28.0. The number of terminal acetylenes is 2. The highest BCUT2D eigenvalue weighted by Crippen LogP contribution is 2.33. The molecule has 4 nitrogen and oxygen atoms in total. The van der Waals surface area contributed by atoms with E-state index >= 15 is 0 Å². The molecular weight excluding hydrogens is 617 g/mol. The summed E-state index contributed by atoms with van der Waals surface area (Å²) < 4.78 is 24.2. The zero-order chi connectivity index (χ0) is 35.3. The van der Waals surface area contributed by atoms with Crippen LogP contribution in [-0.2, 0) is 0 Å². The van der Waals surface area contributed by atoms with Gasteiger partial charge in [0.2, 0.25) is 0 Å². The van der Waals surface area contributed by atoms with Gasteiger partial charge in [0.05, 0.1) is 0 Å². The van der Waals surface area contributed by atoms with Crippen molar-refractivity contribution in [3.63, 3.8) is 0 Å². The van der Waals surface area contributed by atoms with E-state index in [4.69, 9.17) is 31.8 Å². The summed E-state index contributed by atoms with van der Waals surface area (Å²) in [6.45, 7) is 7.62. The molecule has 5 rings (SSSR count). The Balaban J connectivity index is 2.09. The minimum Gasteiger partial charge on any atom is -0.477 e. The fourth-order valence-corrected chi connectivity index (χ4v) is 5.37. The standard InChI is InChI=1S/C46H28O4/c1-7-11-15-23-47-43-29-39-37-27-33(5)19-21-35(37)36-22-20-34(6)28-38(36)40-30-44(48-24-16-12-8-2)46(50-26-18-14-10-4)32-42(40)41(39)31-45(43)49-25-17-13-9-3/h1,3,19-22,27-32H,23,25H2,2,4-6H3. The Kier molecular flexibility index (Phi) is 11.1. The molecule has 0 N–H and O–H groups in total. The van der Waals surface area contributed by atoms with E-state index in [9.17, 15) is 0 Å². The predicted octanol–water partition coefficient (Wildman–Crippen LogP) is 6.52. The lowest BCUT2D eigenvalue weighted by molar-refractivity contribution is 0.314. The highest BCUT2D eigenvalue weighted by atomic mass is 16.5. The summed E-state index contributed by atoms with van der Waals surface area (Å²) in [7, 11) is 0. The van der Waals surface area contributed by atoms with Gasteiger partial charge in [-0.3, -0.25) is 0 Å². The van der Waals surface area contributed by atoms with Gasteiger partial charge in [-0.05, 0) is 141 Å². The van der Waals surface area contributed by atoms with Crippen molar-refractivity contribution in [1.82, 2.24) is 0 Å². The van der Waals surface area contributed by atoms with E-state index in [-0.39, 0.29) is 13.2 Å². The van der Waals surface area contributed by atoms with E-state index in [1.807, 2.05) is 24.3 Å². The van der Waals surface area contributed by atoms with Gasteiger partial charge < -0.3 is 18.9 Å². The number of ether oxygens (including phenoxy) is 4. The molecule has 236 valence electrons. The molecule has 0 atom stereocenters. The second-order valence-corrected chi connectivity index (χ2v) is 10.7. The Labute approximate surface area is 291 Å². The van der Waals surface area contributed by atoms with Crippen molar-refractivity contribution in [3.05, 3.63) is 114 Å². The Morgan fingerprint density at radius 1 is 0.460 bits per heavy atom. The normalized spacial score (nSPS) is 9.16. The molecule has 0 fully saturated rings. The van der Waals surface area contributed by atoms with Crippen LogP contribution in [0.5, 0.6) is 23.0 Å². The second-order valence-electron chi connectivity index (χ2n) is 10.7. The van der Waals surface area contributed by atoms with E-state index in [2.05, 4.69) is 134 Å². The van der Waals surface area contributed by atoms with Gasteiger partial charge in [-0.1, -0.05) is 59.4 Å². The van der Waals surface area contributed by atoms with E-state index in [0.717, 1.165) is 52.9 Å². The molecule has 4 aromatic carbocycles. The first-order valence-corrected chi connectivity index (χ1v) is 15.4. The van der Waals surface area contributed by atoms with Crippen LogP contribution in [-0.4, -0.2) is 13.2 Å². The van der Waals surface area contributed by atoms with Crippen LogP contribution >= 0.6 is 0 Å². The van der Waals surface area contributed by atoms with Crippen LogP contribution in [0.3, 0.4) is 0 Å². The van der Waals surface area contributed by atoms with Crippen molar-refractivity contribution in [3.8, 4) is 119 Å². The predicted molar refractivity (Wildman–Crippen MR) is 194 cm³/mol. The molecule has 50 heavy (non-hydrogen) atoms. The summed E-state index contributed by atoms with van der Waals surface area (Å²) in [4.78, 5) is 0. The molecule has 4 heteroatoms. The van der Waals surface area contributed by atoms with E-state index < -0.39 is 0 Å². The first-order valence-electron chi connectivity index (χ1n) is 15.4. The molecular formula is C46H28O4. The smallest absolute Gasteiger partial charge is 0.184 e. The van der Waals surface area contributed by atoms with Gasteiger partial charge in [-0.2, -0.15) is 0 Å². The molecule has 0 bridgehead atoms. The Morgan fingerprint density at radius 2 is 0.840 bits per heavy atom. The quantitative estimate of drug-likeness (QED) is 0.197. The van der Waals surface area contributed by atoms with Crippen molar-refractivity contribution in [2.75, 3.05) is 13.2 Å². The molecule has 0 amide bonds. The number of rotatable bonds is 6. The molecule has 1 aliphatic carbocycles. The van der Waals surface area contributed by atoms with Crippen LogP contribution in [0.4, 0.5) is 0 Å². The van der Waals surface area contributed by atoms with E-state index in [1.54, 1.807) is 13.8 Å². The largest absolute Gasteiger partial charge is 0.477 e. The molecule has 0 saturated carbocycles. The van der Waals surface area contributed by atoms with Crippen LogP contribution in [0.1, 0.15) is 25.0 Å². The SMILES string of the molecule is C#CC#CCOc1cc2c(cc1OCC#CC#C)=c1cc(OC#CC#CC)c(OC#CC#CC)cc1=c1cc(C)ccc1=c1ccc(C)cc1=2. The number of benzene rings is 4. The van der Waals surface area contributed by atoms with Gasteiger partial charge in [-0.25, -0.2) is 0 Å². The zero-order valence-electron chi connectivity index (χ0n) is 28.0. The van der Waals surface area contributed by atoms with Gasteiger partial charge in [0.15, 0.2) is 23.0 Å². The average Bonchev–Trinajstić information content (AvgIpc) is 3.12. The topological polar surface area (TPSA) is 36.9 Å². The monoisotopic (exact) mass is 644 g/mol. The first kappa shape index (κ1) is 33.9. The van der Waals surface area contributed by atoms with Crippen LogP contribution in [0, 0.1) is 152 Å². The summed E-state index contributed by atoms with van der Waals surface area (Å²) in [5, 5.41) is 7.47. The molecule has 0 aromatic heterocycles. The summed E-state index contributed by atoms with van der Waals surface area (Å²) in [6, 6.07) is 20.5. The third-order valence-corrected chi connectivity index (χ3v) is 7.40. The second kappa shape index (κ2) is 16.4. The molecule has 4 aromatic rings. The fourth-order valence-electron chi connectivity index (χ4n) is 5.37. The Morgan fingerprint density at radius 3 is 1.22 bits per heavy atom.